The number of hydrazine groups is 1. The van der Waals surface area contributed by atoms with Crippen LogP contribution in [0.15, 0.2) is 29.4 Å². The minimum atomic E-state index is -0.435. The second kappa shape index (κ2) is 8.87. The highest BCUT2D eigenvalue weighted by atomic mass is 32.2. The third kappa shape index (κ3) is 5.88. The first-order valence-corrected chi connectivity index (χ1v) is 8.15. The monoisotopic (exact) mass is 350 g/mol. The van der Waals surface area contributed by atoms with Gasteiger partial charge in [-0.3, -0.25) is 20.4 Å². The lowest BCUT2D eigenvalue weighted by Crippen LogP contribution is -2.43. The van der Waals surface area contributed by atoms with Crippen molar-refractivity contribution in [1.82, 2.24) is 31.1 Å². The minimum Gasteiger partial charge on any atom is -0.484 e. The number of aromatic nitrogens is 4. The Labute approximate surface area is 143 Å². The Morgan fingerprint density at radius 2 is 2.08 bits per heavy atom. The summed E-state index contributed by atoms with van der Waals surface area (Å²) in [6.45, 7) is 1.76. The van der Waals surface area contributed by atoms with Gasteiger partial charge in [0.2, 0.25) is 11.1 Å². The molecule has 0 unspecified atom stereocenters. The van der Waals surface area contributed by atoms with Crippen molar-refractivity contribution in [1.29, 1.82) is 0 Å². The van der Waals surface area contributed by atoms with Crippen LogP contribution < -0.4 is 15.6 Å². The van der Waals surface area contributed by atoms with Crippen molar-refractivity contribution < 1.29 is 14.3 Å². The molecule has 0 aliphatic heterocycles. The molecule has 0 atom stereocenters. The van der Waals surface area contributed by atoms with E-state index in [1.54, 1.807) is 13.1 Å². The number of nitrogens with one attached hydrogen (secondary N) is 2. The highest BCUT2D eigenvalue weighted by molar-refractivity contribution is 7.99. The average Bonchev–Trinajstić information content (AvgIpc) is 2.96. The van der Waals surface area contributed by atoms with E-state index in [0.29, 0.717) is 16.7 Å². The van der Waals surface area contributed by atoms with Crippen molar-refractivity contribution in [2.24, 2.45) is 7.05 Å². The molecular weight excluding hydrogens is 332 g/mol. The van der Waals surface area contributed by atoms with E-state index in [2.05, 4.69) is 26.4 Å². The number of benzene rings is 1. The Morgan fingerprint density at radius 1 is 1.29 bits per heavy atom. The van der Waals surface area contributed by atoms with E-state index in [-0.39, 0.29) is 18.9 Å². The topological polar surface area (TPSA) is 111 Å². The molecule has 0 saturated heterocycles. The normalized spacial score (nSPS) is 10.2. The van der Waals surface area contributed by atoms with E-state index >= 15 is 0 Å². The van der Waals surface area contributed by atoms with Crippen molar-refractivity contribution in [3.63, 3.8) is 0 Å². The second-order valence-corrected chi connectivity index (χ2v) is 5.95. The molecule has 128 valence electrons. The Kier molecular flexibility index (Phi) is 6.55. The lowest BCUT2D eigenvalue weighted by atomic mass is 10.2. The van der Waals surface area contributed by atoms with Crippen LogP contribution in [0.3, 0.4) is 0 Å². The first-order valence-electron chi connectivity index (χ1n) is 7.17. The number of rotatable bonds is 7. The predicted molar refractivity (Wildman–Crippen MR) is 87.1 cm³/mol. The summed E-state index contributed by atoms with van der Waals surface area (Å²) in [6, 6.07) is 7.36. The van der Waals surface area contributed by atoms with E-state index in [9.17, 15) is 9.59 Å². The fourth-order valence-electron chi connectivity index (χ4n) is 1.67. The predicted octanol–water partition coefficient (Wildman–Crippen LogP) is 0.227. The van der Waals surface area contributed by atoms with Gasteiger partial charge in [-0.25, -0.2) is 4.68 Å². The lowest BCUT2D eigenvalue weighted by Gasteiger charge is -2.09. The van der Waals surface area contributed by atoms with E-state index in [1.165, 1.54) is 16.4 Å². The SMILES string of the molecule is Cc1cccc(OCC(=O)NNC(=O)CCSc2nnnn2C)c1. The third-order valence-corrected chi connectivity index (χ3v) is 3.85. The van der Waals surface area contributed by atoms with Crippen LogP contribution in [0.1, 0.15) is 12.0 Å². The van der Waals surface area contributed by atoms with Crippen LogP contribution in [0.2, 0.25) is 0 Å². The first kappa shape index (κ1) is 17.7. The Morgan fingerprint density at radius 3 is 2.79 bits per heavy atom. The number of aryl methyl sites for hydroxylation is 2. The Balaban J connectivity index is 1.60. The van der Waals surface area contributed by atoms with E-state index in [4.69, 9.17) is 4.74 Å². The van der Waals surface area contributed by atoms with Crippen LogP contribution in [-0.4, -0.2) is 44.4 Å². The molecule has 9 nitrogen and oxygen atoms in total. The summed E-state index contributed by atoms with van der Waals surface area (Å²) in [7, 11) is 1.72. The van der Waals surface area contributed by atoms with Gasteiger partial charge < -0.3 is 4.74 Å². The third-order valence-electron chi connectivity index (χ3n) is 2.84. The van der Waals surface area contributed by atoms with Gasteiger partial charge in [0, 0.05) is 19.2 Å². The molecule has 0 spiro atoms. The van der Waals surface area contributed by atoms with Crippen molar-refractivity contribution in [3.8, 4) is 5.75 Å². The number of carbonyl (C=O) groups is 2. The van der Waals surface area contributed by atoms with Gasteiger partial charge in [0.05, 0.1) is 0 Å². The number of carbonyl (C=O) groups excluding carboxylic acids is 2. The van der Waals surface area contributed by atoms with Crippen molar-refractivity contribution in [3.05, 3.63) is 29.8 Å². The average molecular weight is 350 g/mol. The molecule has 2 rings (SSSR count). The van der Waals surface area contributed by atoms with Gasteiger partial charge in [-0.2, -0.15) is 0 Å². The smallest absolute Gasteiger partial charge is 0.276 e. The maximum absolute atomic E-state index is 11.6. The summed E-state index contributed by atoms with van der Waals surface area (Å²) < 4.78 is 6.85. The molecule has 0 saturated carbocycles. The maximum Gasteiger partial charge on any atom is 0.276 e. The van der Waals surface area contributed by atoms with Gasteiger partial charge in [0.15, 0.2) is 6.61 Å². The van der Waals surface area contributed by atoms with Gasteiger partial charge in [0.1, 0.15) is 5.75 Å². The van der Waals surface area contributed by atoms with Gasteiger partial charge in [0.25, 0.3) is 5.91 Å². The zero-order chi connectivity index (χ0) is 17.4. The van der Waals surface area contributed by atoms with Crippen LogP contribution in [0.25, 0.3) is 0 Å². The molecule has 1 heterocycles. The molecule has 10 heteroatoms. The molecule has 1 aromatic heterocycles. The van der Waals surface area contributed by atoms with Gasteiger partial charge in [-0.1, -0.05) is 23.9 Å². The number of ether oxygens (including phenoxy) is 1. The maximum atomic E-state index is 11.6. The van der Waals surface area contributed by atoms with Crippen LogP contribution in [0, 0.1) is 6.92 Å². The number of thioether (sulfide) groups is 1. The molecule has 2 aromatic rings. The van der Waals surface area contributed by atoms with Crippen molar-refractivity contribution in [2.75, 3.05) is 12.4 Å². The summed E-state index contributed by atoms with van der Waals surface area (Å²) in [6.07, 6.45) is 0.219. The summed E-state index contributed by atoms with van der Waals surface area (Å²) >= 11 is 1.35. The molecule has 1 aromatic carbocycles. The van der Waals surface area contributed by atoms with Gasteiger partial charge >= 0.3 is 0 Å². The van der Waals surface area contributed by atoms with Crippen LogP contribution in [0.4, 0.5) is 0 Å². The fraction of sp³-hybridized carbons (Fsp3) is 0.357. The second-order valence-electron chi connectivity index (χ2n) is 4.89. The molecule has 0 fully saturated rings. The molecule has 0 bridgehead atoms. The highest BCUT2D eigenvalue weighted by Crippen LogP contribution is 2.13. The Bertz CT molecular complexity index is 705. The van der Waals surface area contributed by atoms with Crippen LogP contribution in [0.5, 0.6) is 5.75 Å². The largest absolute Gasteiger partial charge is 0.484 e. The van der Waals surface area contributed by atoms with Crippen LogP contribution in [-0.2, 0) is 16.6 Å². The minimum absolute atomic E-state index is 0.177. The highest BCUT2D eigenvalue weighted by Gasteiger charge is 2.08. The number of hydrogen-bond donors (Lipinski definition) is 2. The van der Waals surface area contributed by atoms with Gasteiger partial charge in [-0.15, -0.1) is 5.10 Å². The molecule has 0 aliphatic carbocycles. The molecule has 0 aliphatic rings. The summed E-state index contributed by atoms with van der Waals surface area (Å²) in [5.41, 5.74) is 5.68. The summed E-state index contributed by atoms with van der Waals surface area (Å²) in [5.74, 6) is 0.358. The summed E-state index contributed by atoms with van der Waals surface area (Å²) in [4.78, 5) is 23.3. The van der Waals surface area contributed by atoms with E-state index < -0.39 is 5.91 Å². The summed E-state index contributed by atoms with van der Waals surface area (Å²) in [5, 5.41) is 11.6. The molecule has 24 heavy (non-hydrogen) atoms. The molecular formula is C14H18N6O3S. The van der Waals surface area contributed by atoms with Crippen molar-refractivity contribution in [2.45, 2.75) is 18.5 Å². The zero-order valence-corrected chi connectivity index (χ0v) is 14.2. The molecule has 2 N–H and O–H groups in total. The number of hydrogen-bond acceptors (Lipinski definition) is 7. The van der Waals surface area contributed by atoms with Crippen molar-refractivity contribution >= 4 is 23.6 Å². The molecule has 2 amide bonds. The van der Waals surface area contributed by atoms with E-state index in [0.717, 1.165) is 5.56 Å². The first-order chi connectivity index (χ1) is 11.5. The lowest BCUT2D eigenvalue weighted by molar-refractivity contribution is -0.129. The number of nitrogens with zero attached hydrogens (tertiary/aromatic N) is 4. The quantitative estimate of drug-likeness (QED) is 0.543. The Hall–Kier alpha value is -2.62. The van der Waals surface area contributed by atoms with E-state index in [1.807, 2.05) is 25.1 Å². The molecule has 0 radical (unpaired) electrons. The number of tetrazole rings is 1. The van der Waals surface area contributed by atoms with Crippen LogP contribution >= 0.6 is 11.8 Å². The standard InChI is InChI=1S/C14H18N6O3S/c1-10-4-3-5-11(8-10)23-9-13(22)16-15-12(21)6-7-24-14-17-18-19-20(14)2/h3-5,8H,6-7,9H2,1-2H3,(H,15,21)(H,16,22). The van der Waals surface area contributed by atoms with Gasteiger partial charge in [-0.05, 0) is 35.0 Å². The fourth-order valence-corrected chi connectivity index (χ4v) is 2.46. The zero-order valence-electron chi connectivity index (χ0n) is 13.4. The number of amides is 2.